The summed E-state index contributed by atoms with van der Waals surface area (Å²) in [5, 5.41) is 0.520. The zero-order chi connectivity index (χ0) is 13.1. The van der Waals surface area contributed by atoms with E-state index in [1.54, 1.807) is 6.07 Å². The van der Waals surface area contributed by atoms with Crippen molar-refractivity contribution in [3.63, 3.8) is 0 Å². The zero-order valence-electron chi connectivity index (χ0n) is 11.1. The SMILES string of the molecule is Cc1cc(Cl)nc(CN2C(C)CCCC2CN)n1. The predicted molar refractivity (Wildman–Crippen MR) is 73.5 cm³/mol. The maximum atomic E-state index is 5.98. The number of aryl methyl sites for hydroxylation is 1. The van der Waals surface area contributed by atoms with E-state index < -0.39 is 0 Å². The van der Waals surface area contributed by atoms with Crippen LogP contribution in [0.5, 0.6) is 0 Å². The molecular weight excluding hydrogens is 248 g/mol. The van der Waals surface area contributed by atoms with E-state index in [9.17, 15) is 0 Å². The third kappa shape index (κ3) is 3.19. The number of nitrogens with zero attached hydrogens (tertiary/aromatic N) is 3. The number of nitrogens with two attached hydrogens (primary N) is 1. The van der Waals surface area contributed by atoms with Gasteiger partial charge in [-0.1, -0.05) is 18.0 Å². The van der Waals surface area contributed by atoms with Crippen LogP contribution in [-0.2, 0) is 6.54 Å². The van der Waals surface area contributed by atoms with Crippen molar-refractivity contribution in [3.8, 4) is 0 Å². The topological polar surface area (TPSA) is 55.0 Å². The van der Waals surface area contributed by atoms with Crippen LogP contribution in [0.2, 0.25) is 5.15 Å². The summed E-state index contributed by atoms with van der Waals surface area (Å²) < 4.78 is 0. The Morgan fingerprint density at radius 3 is 2.89 bits per heavy atom. The molecule has 1 aromatic rings. The summed E-state index contributed by atoms with van der Waals surface area (Å²) >= 11 is 5.98. The molecular formula is C13H21ClN4. The molecule has 100 valence electrons. The minimum absolute atomic E-state index is 0.441. The highest BCUT2D eigenvalue weighted by atomic mass is 35.5. The zero-order valence-corrected chi connectivity index (χ0v) is 11.8. The van der Waals surface area contributed by atoms with Gasteiger partial charge in [-0.25, -0.2) is 9.97 Å². The van der Waals surface area contributed by atoms with Crippen LogP contribution in [0.25, 0.3) is 0 Å². The Morgan fingerprint density at radius 1 is 1.44 bits per heavy atom. The smallest absolute Gasteiger partial charge is 0.144 e. The first-order valence-electron chi connectivity index (χ1n) is 6.56. The molecule has 0 amide bonds. The van der Waals surface area contributed by atoms with E-state index >= 15 is 0 Å². The van der Waals surface area contributed by atoms with Gasteiger partial charge in [-0.15, -0.1) is 0 Å². The molecule has 0 aromatic carbocycles. The summed E-state index contributed by atoms with van der Waals surface area (Å²) in [6.07, 6.45) is 3.64. The molecule has 1 aromatic heterocycles. The molecule has 4 nitrogen and oxygen atoms in total. The van der Waals surface area contributed by atoms with E-state index in [0.29, 0.717) is 23.8 Å². The van der Waals surface area contributed by atoms with Crippen molar-refractivity contribution in [2.75, 3.05) is 6.54 Å². The maximum absolute atomic E-state index is 5.98. The van der Waals surface area contributed by atoms with Crippen molar-refractivity contribution < 1.29 is 0 Å². The van der Waals surface area contributed by atoms with E-state index in [2.05, 4.69) is 21.8 Å². The fourth-order valence-corrected chi connectivity index (χ4v) is 2.96. The Kier molecular flexibility index (Phi) is 4.54. The summed E-state index contributed by atoms with van der Waals surface area (Å²) in [6, 6.07) is 2.76. The Bertz CT molecular complexity index is 390. The van der Waals surface area contributed by atoms with Gasteiger partial charge in [-0.3, -0.25) is 4.90 Å². The van der Waals surface area contributed by atoms with Crippen LogP contribution >= 0.6 is 11.6 Å². The van der Waals surface area contributed by atoms with Gasteiger partial charge in [0, 0.05) is 24.3 Å². The second-order valence-corrected chi connectivity index (χ2v) is 5.48. The third-order valence-corrected chi connectivity index (χ3v) is 3.85. The van der Waals surface area contributed by atoms with Crippen molar-refractivity contribution in [1.29, 1.82) is 0 Å². The van der Waals surface area contributed by atoms with Gasteiger partial charge >= 0.3 is 0 Å². The van der Waals surface area contributed by atoms with Crippen molar-refractivity contribution in [2.24, 2.45) is 5.73 Å². The predicted octanol–water partition coefficient (Wildman–Crippen LogP) is 2.14. The first kappa shape index (κ1) is 13.7. The van der Waals surface area contributed by atoms with Gasteiger partial charge in [0.2, 0.25) is 0 Å². The monoisotopic (exact) mass is 268 g/mol. The summed E-state index contributed by atoms with van der Waals surface area (Å²) in [7, 11) is 0. The molecule has 1 fully saturated rings. The molecule has 5 heteroatoms. The van der Waals surface area contributed by atoms with Gasteiger partial charge in [0.05, 0.1) is 6.54 Å². The minimum atomic E-state index is 0.441. The molecule has 1 aliphatic rings. The van der Waals surface area contributed by atoms with Crippen molar-refractivity contribution in [3.05, 3.63) is 22.7 Å². The lowest BCUT2D eigenvalue weighted by Gasteiger charge is -2.39. The molecule has 0 aliphatic carbocycles. The molecule has 2 rings (SSSR count). The van der Waals surface area contributed by atoms with Crippen LogP contribution < -0.4 is 5.73 Å². The third-order valence-electron chi connectivity index (χ3n) is 3.66. The minimum Gasteiger partial charge on any atom is -0.329 e. The molecule has 1 aliphatic heterocycles. The lowest BCUT2D eigenvalue weighted by molar-refractivity contribution is 0.0862. The van der Waals surface area contributed by atoms with Gasteiger partial charge in [0.25, 0.3) is 0 Å². The van der Waals surface area contributed by atoms with Crippen LogP contribution in [0, 0.1) is 6.92 Å². The summed E-state index contributed by atoms with van der Waals surface area (Å²) in [5.74, 6) is 0.798. The average molecular weight is 269 g/mol. The molecule has 0 bridgehead atoms. The van der Waals surface area contributed by atoms with Crippen LogP contribution in [0.1, 0.15) is 37.7 Å². The van der Waals surface area contributed by atoms with E-state index in [0.717, 1.165) is 18.1 Å². The number of hydrogen-bond acceptors (Lipinski definition) is 4. The largest absolute Gasteiger partial charge is 0.329 e. The lowest BCUT2D eigenvalue weighted by atomic mass is 9.96. The highest BCUT2D eigenvalue weighted by Crippen LogP contribution is 2.23. The molecule has 0 spiro atoms. The Balaban J connectivity index is 2.14. The Labute approximate surface area is 114 Å². The molecule has 2 unspecified atom stereocenters. The van der Waals surface area contributed by atoms with E-state index in [1.807, 2.05) is 6.92 Å². The molecule has 1 saturated heterocycles. The van der Waals surface area contributed by atoms with Gasteiger partial charge < -0.3 is 5.73 Å². The molecule has 2 heterocycles. The Morgan fingerprint density at radius 2 is 2.22 bits per heavy atom. The summed E-state index contributed by atoms with van der Waals surface area (Å²) in [6.45, 7) is 5.63. The Hall–Kier alpha value is -0.710. The summed E-state index contributed by atoms with van der Waals surface area (Å²) in [5.41, 5.74) is 6.78. The quantitative estimate of drug-likeness (QED) is 0.854. The maximum Gasteiger partial charge on any atom is 0.144 e. The number of likely N-dealkylation sites (tertiary alicyclic amines) is 1. The summed E-state index contributed by atoms with van der Waals surface area (Å²) in [4.78, 5) is 11.2. The van der Waals surface area contributed by atoms with Crippen molar-refractivity contribution in [2.45, 2.75) is 51.7 Å². The van der Waals surface area contributed by atoms with Gasteiger partial charge in [0.1, 0.15) is 11.0 Å². The molecule has 2 atom stereocenters. The number of rotatable bonds is 3. The average Bonchev–Trinajstić information content (AvgIpc) is 2.30. The van der Waals surface area contributed by atoms with Gasteiger partial charge in [-0.05, 0) is 32.8 Å². The van der Waals surface area contributed by atoms with Gasteiger partial charge in [0.15, 0.2) is 0 Å². The van der Waals surface area contributed by atoms with E-state index in [-0.39, 0.29) is 0 Å². The molecule has 2 N–H and O–H groups in total. The highest BCUT2D eigenvalue weighted by molar-refractivity contribution is 6.29. The second kappa shape index (κ2) is 5.95. The van der Waals surface area contributed by atoms with Crippen LogP contribution in [-0.4, -0.2) is 33.5 Å². The number of halogens is 1. The van der Waals surface area contributed by atoms with Crippen LogP contribution in [0.4, 0.5) is 0 Å². The fourth-order valence-electron chi connectivity index (χ4n) is 2.70. The first-order valence-corrected chi connectivity index (χ1v) is 6.94. The van der Waals surface area contributed by atoms with Crippen LogP contribution in [0.15, 0.2) is 6.07 Å². The normalized spacial score (nSPS) is 25.3. The molecule has 18 heavy (non-hydrogen) atoms. The van der Waals surface area contributed by atoms with E-state index in [1.165, 1.54) is 19.3 Å². The van der Waals surface area contributed by atoms with Crippen molar-refractivity contribution in [1.82, 2.24) is 14.9 Å². The second-order valence-electron chi connectivity index (χ2n) is 5.09. The molecule has 0 saturated carbocycles. The number of hydrogen-bond donors (Lipinski definition) is 1. The fraction of sp³-hybridized carbons (Fsp3) is 0.692. The highest BCUT2D eigenvalue weighted by Gasteiger charge is 2.27. The molecule has 0 radical (unpaired) electrons. The van der Waals surface area contributed by atoms with Gasteiger partial charge in [-0.2, -0.15) is 0 Å². The number of piperidine rings is 1. The standard InChI is InChI=1S/C13H21ClN4/c1-9-6-12(14)17-13(16-9)8-18-10(2)4-3-5-11(18)7-15/h6,10-11H,3-5,7-8,15H2,1-2H3. The lowest BCUT2D eigenvalue weighted by Crippen LogP contribution is -2.48. The van der Waals surface area contributed by atoms with E-state index in [4.69, 9.17) is 17.3 Å². The number of aromatic nitrogens is 2. The van der Waals surface area contributed by atoms with Crippen LogP contribution in [0.3, 0.4) is 0 Å². The van der Waals surface area contributed by atoms with Crippen molar-refractivity contribution >= 4 is 11.6 Å². The first-order chi connectivity index (χ1) is 8.60.